The summed E-state index contributed by atoms with van der Waals surface area (Å²) in [4.78, 5) is 48.4. The maximum atomic E-state index is 12.7. The van der Waals surface area contributed by atoms with E-state index in [4.69, 9.17) is 0 Å². The lowest BCUT2D eigenvalue weighted by Gasteiger charge is -2.20. The summed E-state index contributed by atoms with van der Waals surface area (Å²) in [6, 6.07) is 5.53. The lowest BCUT2D eigenvalue weighted by atomic mass is 10.0. The quantitative estimate of drug-likeness (QED) is 0.398. The molecule has 0 aliphatic heterocycles. The van der Waals surface area contributed by atoms with Crippen molar-refractivity contribution < 1.29 is 28.7 Å². The second kappa shape index (κ2) is 14.0. The molecule has 0 heterocycles. The highest BCUT2D eigenvalue weighted by atomic mass is 16.5. The number of amides is 4. The summed E-state index contributed by atoms with van der Waals surface area (Å²) in [5, 5.41) is 10.7. The number of benzene rings is 1. The minimum Gasteiger partial charge on any atom is -0.453 e. The Hall–Kier alpha value is -3.30. The monoisotopic (exact) mass is 464 g/mol. The molecule has 0 spiro atoms. The van der Waals surface area contributed by atoms with E-state index in [2.05, 4.69) is 30.7 Å². The molecule has 0 aliphatic carbocycles. The molecule has 2 atom stereocenters. The Morgan fingerprint density at radius 1 is 0.818 bits per heavy atom. The predicted molar refractivity (Wildman–Crippen MR) is 124 cm³/mol. The van der Waals surface area contributed by atoms with Crippen molar-refractivity contribution in [2.75, 3.05) is 19.5 Å². The van der Waals surface area contributed by atoms with Crippen LogP contribution < -0.4 is 21.3 Å². The van der Waals surface area contributed by atoms with Gasteiger partial charge < -0.3 is 30.7 Å². The molecule has 0 saturated carbocycles. The fourth-order valence-corrected chi connectivity index (χ4v) is 3.11. The van der Waals surface area contributed by atoms with E-state index >= 15 is 0 Å². The Labute approximate surface area is 195 Å². The Kier molecular flexibility index (Phi) is 11.7. The maximum Gasteiger partial charge on any atom is 0.407 e. The van der Waals surface area contributed by atoms with Crippen LogP contribution in [0, 0.1) is 11.8 Å². The summed E-state index contributed by atoms with van der Waals surface area (Å²) >= 11 is 0. The number of carbonyl (C=O) groups is 4. The van der Waals surface area contributed by atoms with Crippen molar-refractivity contribution in [1.82, 2.24) is 16.0 Å². The molecule has 33 heavy (non-hydrogen) atoms. The van der Waals surface area contributed by atoms with Gasteiger partial charge in [-0.1, -0.05) is 39.8 Å². The second-order valence-electron chi connectivity index (χ2n) is 8.54. The summed E-state index contributed by atoms with van der Waals surface area (Å²) in [7, 11) is 2.48. The summed E-state index contributed by atoms with van der Waals surface area (Å²) in [6.45, 7) is 8.00. The zero-order chi connectivity index (χ0) is 25.0. The Balaban J connectivity index is 2.80. The molecular weight excluding hydrogens is 428 g/mol. The van der Waals surface area contributed by atoms with Crippen molar-refractivity contribution in [3.8, 4) is 0 Å². The molecule has 10 heteroatoms. The van der Waals surface area contributed by atoms with Crippen LogP contribution in [0.4, 0.5) is 15.3 Å². The number of rotatable bonds is 11. The number of ether oxygens (including phenoxy) is 2. The fourth-order valence-electron chi connectivity index (χ4n) is 3.11. The molecule has 0 saturated heterocycles. The van der Waals surface area contributed by atoms with E-state index in [0.717, 1.165) is 5.56 Å². The van der Waals surface area contributed by atoms with Gasteiger partial charge in [-0.15, -0.1) is 0 Å². The molecule has 4 N–H and O–H groups in total. The highest BCUT2D eigenvalue weighted by Gasteiger charge is 2.23. The van der Waals surface area contributed by atoms with Crippen LogP contribution in [0.5, 0.6) is 0 Å². The van der Waals surface area contributed by atoms with Crippen LogP contribution in [-0.2, 0) is 25.6 Å². The van der Waals surface area contributed by atoms with Gasteiger partial charge in [-0.25, -0.2) is 9.59 Å². The van der Waals surface area contributed by atoms with Gasteiger partial charge in [0.25, 0.3) is 0 Å². The number of hydrogen-bond acceptors (Lipinski definition) is 6. The number of carbonyl (C=O) groups excluding carboxylic acids is 4. The van der Waals surface area contributed by atoms with E-state index in [0.29, 0.717) is 18.5 Å². The van der Waals surface area contributed by atoms with Gasteiger partial charge in [0.15, 0.2) is 0 Å². The van der Waals surface area contributed by atoms with Crippen LogP contribution in [0.2, 0.25) is 0 Å². The van der Waals surface area contributed by atoms with Crippen molar-refractivity contribution in [3.05, 3.63) is 29.8 Å². The summed E-state index contributed by atoms with van der Waals surface area (Å²) in [5.74, 6) is -0.331. The minimum atomic E-state index is -0.748. The molecule has 1 aromatic carbocycles. The normalized spacial score (nSPS) is 12.5. The summed E-state index contributed by atoms with van der Waals surface area (Å²) in [5.41, 5.74) is 1.28. The van der Waals surface area contributed by atoms with E-state index in [9.17, 15) is 19.2 Å². The Bertz CT molecular complexity index is 812. The molecule has 0 fully saturated rings. The van der Waals surface area contributed by atoms with Gasteiger partial charge in [0.2, 0.25) is 11.8 Å². The van der Waals surface area contributed by atoms with Gasteiger partial charge >= 0.3 is 12.2 Å². The number of anilines is 1. The molecule has 184 valence electrons. The highest BCUT2D eigenvalue weighted by Crippen LogP contribution is 2.14. The predicted octanol–water partition coefficient (Wildman–Crippen LogP) is 2.78. The first-order chi connectivity index (χ1) is 15.5. The van der Waals surface area contributed by atoms with Crippen molar-refractivity contribution in [2.45, 2.75) is 59.2 Å². The van der Waals surface area contributed by atoms with Crippen LogP contribution in [0.3, 0.4) is 0 Å². The molecule has 1 aromatic rings. The van der Waals surface area contributed by atoms with Crippen molar-refractivity contribution in [2.24, 2.45) is 11.8 Å². The third-order valence-electron chi connectivity index (χ3n) is 4.66. The van der Waals surface area contributed by atoms with Gasteiger partial charge in [0.1, 0.15) is 12.1 Å². The maximum absolute atomic E-state index is 12.7. The Morgan fingerprint density at radius 3 is 1.82 bits per heavy atom. The van der Waals surface area contributed by atoms with Crippen LogP contribution >= 0.6 is 0 Å². The first-order valence-electron chi connectivity index (χ1n) is 10.9. The lowest BCUT2D eigenvalue weighted by molar-refractivity contribution is -0.123. The van der Waals surface area contributed by atoms with E-state index in [1.54, 1.807) is 24.3 Å². The topological polar surface area (TPSA) is 135 Å². The first-order valence-corrected chi connectivity index (χ1v) is 10.9. The largest absolute Gasteiger partial charge is 0.453 e. The lowest BCUT2D eigenvalue weighted by Crippen LogP contribution is -2.47. The second-order valence-corrected chi connectivity index (χ2v) is 8.54. The van der Waals surface area contributed by atoms with Crippen molar-refractivity contribution >= 4 is 29.7 Å². The molecule has 0 bridgehead atoms. The van der Waals surface area contributed by atoms with Crippen molar-refractivity contribution in [1.29, 1.82) is 0 Å². The Morgan fingerprint density at radius 2 is 1.33 bits per heavy atom. The standard InChI is InChI=1S/C23H36N4O6/c1-14(2)10-18(26-22(30)32-5)20(28)24-13-16-8-7-9-17(12-16)25-21(29)19(11-15(3)4)27-23(31)33-6/h7-9,12,14-15,18-19H,10-11,13H2,1-6H3,(H,24,28)(H,25,29)(H,26,30)(H,27,31). The third-order valence-corrected chi connectivity index (χ3v) is 4.66. The average molecular weight is 465 g/mol. The molecule has 0 aliphatic rings. The number of alkyl carbamates (subject to hydrolysis) is 2. The molecule has 2 unspecified atom stereocenters. The van der Waals surface area contributed by atoms with Gasteiger partial charge in [0.05, 0.1) is 14.2 Å². The van der Waals surface area contributed by atoms with Gasteiger partial charge in [-0.2, -0.15) is 0 Å². The number of nitrogens with one attached hydrogen (secondary N) is 4. The van der Waals surface area contributed by atoms with Gasteiger partial charge in [-0.3, -0.25) is 9.59 Å². The van der Waals surface area contributed by atoms with Crippen LogP contribution in [0.1, 0.15) is 46.1 Å². The fraction of sp³-hybridized carbons (Fsp3) is 0.565. The first kappa shape index (κ1) is 27.7. The SMILES string of the molecule is COC(=O)NC(CC(C)C)C(=O)NCc1cccc(NC(=O)C(CC(C)C)NC(=O)OC)c1. The third kappa shape index (κ3) is 10.7. The molecule has 1 rings (SSSR count). The highest BCUT2D eigenvalue weighted by molar-refractivity contribution is 5.96. The zero-order valence-electron chi connectivity index (χ0n) is 20.2. The van der Waals surface area contributed by atoms with E-state index in [1.807, 2.05) is 27.7 Å². The van der Waals surface area contributed by atoms with Crippen LogP contribution in [0.15, 0.2) is 24.3 Å². The van der Waals surface area contributed by atoms with Gasteiger partial charge in [-0.05, 0) is 42.4 Å². The zero-order valence-corrected chi connectivity index (χ0v) is 20.2. The molecule has 0 aromatic heterocycles. The minimum absolute atomic E-state index is 0.178. The number of hydrogen-bond donors (Lipinski definition) is 4. The van der Waals surface area contributed by atoms with E-state index < -0.39 is 24.3 Å². The summed E-state index contributed by atoms with van der Waals surface area (Å²) in [6.07, 6.45) is -0.441. The molecule has 4 amide bonds. The number of methoxy groups -OCH3 is 2. The van der Waals surface area contributed by atoms with Crippen LogP contribution in [-0.4, -0.2) is 50.3 Å². The van der Waals surface area contributed by atoms with E-state index in [1.165, 1.54) is 14.2 Å². The molecule has 10 nitrogen and oxygen atoms in total. The smallest absolute Gasteiger partial charge is 0.407 e. The molecular formula is C23H36N4O6. The van der Waals surface area contributed by atoms with Crippen LogP contribution in [0.25, 0.3) is 0 Å². The van der Waals surface area contributed by atoms with Crippen molar-refractivity contribution in [3.63, 3.8) is 0 Å². The molecule has 0 radical (unpaired) electrons. The summed E-state index contributed by atoms with van der Waals surface area (Å²) < 4.78 is 9.20. The van der Waals surface area contributed by atoms with Gasteiger partial charge in [0, 0.05) is 12.2 Å². The van der Waals surface area contributed by atoms with E-state index in [-0.39, 0.29) is 30.2 Å². The average Bonchev–Trinajstić information content (AvgIpc) is 2.75.